The summed E-state index contributed by atoms with van der Waals surface area (Å²) in [5.41, 5.74) is 2.97. The maximum absolute atomic E-state index is 4.14. The molecule has 2 aromatic rings. The first kappa shape index (κ1) is 11.0. The topological polar surface area (TPSA) is 37.0 Å². The highest BCUT2D eigenvalue weighted by molar-refractivity contribution is 9.10. The maximum Gasteiger partial charge on any atom is 0.0591 e. The molecule has 0 atom stereocenters. The van der Waals surface area contributed by atoms with Crippen molar-refractivity contribution in [3.8, 4) is 0 Å². The molecule has 16 heavy (non-hydrogen) atoms. The standard InChI is InChI=1S/C12H12BrN3/c1-14-9-6-10(8-15-7-9)16-12-5-3-2-4-11(12)13/h2-8,14,16H,1H3. The van der Waals surface area contributed by atoms with Crippen molar-refractivity contribution in [3.63, 3.8) is 0 Å². The van der Waals surface area contributed by atoms with E-state index in [2.05, 4.69) is 31.5 Å². The number of benzene rings is 1. The normalized spacial score (nSPS) is 9.88. The van der Waals surface area contributed by atoms with Crippen molar-refractivity contribution in [3.05, 3.63) is 47.2 Å². The SMILES string of the molecule is CNc1cncc(Nc2ccccc2Br)c1. The molecule has 0 saturated heterocycles. The van der Waals surface area contributed by atoms with Gasteiger partial charge in [0.05, 0.1) is 29.5 Å². The van der Waals surface area contributed by atoms with Crippen molar-refractivity contribution in [2.24, 2.45) is 0 Å². The van der Waals surface area contributed by atoms with Gasteiger partial charge < -0.3 is 10.6 Å². The second-order valence-electron chi connectivity index (χ2n) is 3.32. The number of aromatic nitrogens is 1. The molecule has 0 spiro atoms. The number of para-hydroxylation sites is 1. The zero-order valence-electron chi connectivity index (χ0n) is 8.87. The summed E-state index contributed by atoms with van der Waals surface area (Å²) < 4.78 is 1.03. The van der Waals surface area contributed by atoms with Gasteiger partial charge in [0.25, 0.3) is 0 Å². The molecule has 0 bridgehead atoms. The van der Waals surface area contributed by atoms with Crippen molar-refractivity contribution >= 4 is 33.0 Å². The lowest BCUT2D eigenvalue weighted by Gasteiger charge is -2.09. The van der Waals surface area contributed by atoms with Gasteiger partial charge in [-0.1, -0.05) is 12.1 Å². The van der Waals surface area contributed by atoms with Crippen LogP contribution in [0.25, 0.3) is 0 Å². The zero-order valence-corrected chi connectivity index (χ0v) is 10.5. The third-order valence-corrected chi connectivity index (χ3v) is 2.87. The largest absolute Gasteiger partial charge is 0.387 e. The molecule has 0 saturated carbocycles. The molecule has 0 aliphatic rings. The monoisotopic (exact) mass is 277 g/mol. The summed E-state index contributed by atoms with van der Waals surface area (Å²) >= 11 is 3.49. The summed E-state index contributed by atoms with van der Waals surface area (Å²) in [6, 6.07) is 9.99. The average Bonchev–Trinajstić information content (AvgIpc) is 2.32. The molecule has 0 aliphatic heterocycles. The van der Waals surface area contributed by atoms with E-state index >= 15 is 0 Å². The second-order valence-corrected chi connectivity index (χ2v) is 4.17. The lowest BCUT2D eigenvalue weighted by atomic mass is 10.3. The van der Waals surface area contributed by atoms with Gasteiger partial charge in [-0.2, -0.15) is 0 Å². The molecule has 82 valence electrons. The highest BCUT2D eigenvalue weighted by Crippen LogP contribution is 2.25. The van der Waals surface area contributed by atoms with E-state index in [1.807, 2.05) is 37.4 Å². The Bertz CT molecular complexity index is 485. The fourth-order valence-corrected chi connectivity index (χ4v) is 1.75. The summed E-state index contributed by atoms with van der Waals surface area (Å²) in [6.45, 7) is 0. The Kier molecular flexibility index (Phi) is 3.41. The predicted molar refractivity (Wildman–Crippen MR) is 71.2 cm³/mol. The third-order valence-electron chi connectivity index (χ3n) is 2.18. The van der Waals surface area contributed by atoms with Crippen molar-refractivity contribution in [1.82, 2.24) is 4.98 Å². The van der Waals surface area contributed by atoms with E-state index in [1.165, 1.54) is 0 Å². The van der Waals surface area contributed by atoms with Crippen molar-refractivity contribution in [2.75, 3.05) is 17.7 Å². The van der Waals surface area contributed by atoms with Gasteiger partial charge in [0.2, 0.25) is 0 Å². The molecule has 0 fully saturated rings. The van der Waals surface area contributed by atoms with Crippen LogP contribution >= 0.6 is 15.9 Å². The summed E-state index contributed by atoms with van der Waals surface area (Å²) in [7, 11) is 1.87. The zero-order chi connectivity index (χ0) is 11.4. The van der Waals surface area contributed by atoms with E-state index in [0.29, 0.717) is 0 Å². The van der Waals surface area contributed by atoms with Crippen LogP contribution in [0.4, 0.5) is 17.1 Å². The number of hydrogen-bond donors (Lipinski definition) is 2. The summed E-state index contributed by atoms with van der Waals surface area (Å²) in [5, 5.41) is 6.35. The third kappa shape index (κ3) is 2.52. The molecule has 3 nitrogen and oxygen atoms in total. The van der Waals surface area contributed by atoms with Crippen LogP contribution in [0.15, 0.2) is 47.2 Å². The number of nitrogens with one attached hydrogen (secondary N) is 2. The molecule has 0 aliphatic carbocycles. The average molecular weight is 278 g/mol. The van der Waals surface area contributed by atoms with Crippen LogP contribution in [-0.4, -0.2) is 12.0 Å². The number of pyridine rings is 1. The maximum atomic E-state index is 4.14. The van der Waals surface area contributed by atoms with E-state index in [4.69, 9.17) is 0 Å². The number of hydrogen-bond acceptors (Lipinski definition) is 3. The highest BCUT2D eigenvalue weighted by atomic mass is 79.9. The molecule has 0 radical (unpaired) electrons. The number of halogens is 1. The smallest absolute Gasteiger partial charge is 0.0591 e. The van der Waals surface area contributed by atoms with E-state index in [1.54, 1.807) is 12.4 Å². The molecule has 4 heteroatoms. The van der Waals surface area contributed by atoms with Gasteiger partial charge in [-0.25, -0.2) is 0 Å². The van der Waals surface area contributed by atoms with Crippen LogP contribution in [0.1, 0.15) is 0 Å². The Morgan fingerprint density at radius 3 is 2.62 bits per heavy atom. The van der Waals surface area contributed by atoms with Crippen LogP contribution in [0.2, 0.25) is 0 Å². The van der Waals surface area contributed by atoms with E-state index < -0.39 is 0 Å². The summed E-state index contributed by atoms with van der Waals surface area (Å²) in [6.07, 6.45) is 3.57. The van der Waals surface area contributed by atoms with Gasteiger partial charge in [0.15, 0.2) is 0 Å². The summed E-state index contributed by atoms with van der Waals surface area (Å²) in [5.74, 6) is 0. The van der Waals surface area contributed by atoms with E-state index in [0.717, 1.165) is 21.5 Å². The van der Waals surface area contributed by atoms with Crippen LogP contribution in [-0.2, 0) is 0 Å². The first-order chi connectivity index (χ1) is 7.79. The Hall–Kier alpha value is -1.55. The Morgan fingerprint density at radius 1 is 1.12 bits per heavy atom. The fraction of sp³-hybridized carbons (Fsp3) is 0.0833. The molecule has 1 aromatic carbocycles. The molecular formula is C12H12BrN3. The Balaban J connectivity index is 2.24. The van der Waals surface area contributed by atoms with Gasteiger partial charge in [0, 0.05) is 11.5 Å². The van der Waals surface area contributed by atoms with Crippen molar-refractivity contribution in [1.29, 1.82) is 0 Å². The Labute approximate surface area is 103 Å². The quantitative estimate of drug-likeness (QED) is 0.900. The van der Waals surface area contributed by atoms with Gasteiger partial charge >= 0.3 is 0 Å². The van der Waals surface area contributed by atoms with E-state index in [9.17, 15) is 0 Å². The lowest BCUT2D eigenvalue weighted by molar-refractivity contribution is 1.30. The highest BCUT2D eigenvalue weighted by Gasteiger charge is 1.99. The van der Waals surface area contributed by atoms with Crippen LogP contribution in [0.5, 0.6) is 0 Å². The lowest BCUT2D eigenvalue weighted by Crippen LogP contribution is -1.94. The first-order valence-corrected chi connectivity index (χ1v) is 5.73. The van der Waals surface area contributed by atoms with Crippen LogP contribution in [0.3, 0.4) is 0 Å². The van der Waals surface area contributed by atoms with Gasteiger partial charge in [0.1, 0.15) is 0 Å². The molecule has 1 heterocycles. The molecule has 1 aromatic heterocycles. The van der Waals surface area contributed by atoms with Gasteiger partial charge in [-0.05, 0) is 34.1 Å². The van der Waals surface area contributed by atoms with Crippen molar-refractivity contribution in [2.45, 2.75) is 0 Å². The number of anilines is 3. The Morgan fingerprint density at radius 2 is 1.88 bits per heavy atom. The summed E-state index contributed by atoms with van der Waals surface area (Å²) in [4.78, 5) is 4.14. The van der Waals surface area contributed by atoms with Crippen LogP contribution in [0, 0.1) is 0 Å². The number of rotatable bonds is 3. The minimum atomic E-state index is 0.957. The molecule has 2 N–H and O–H groups in total. The molecule has 0 unspecified atom stereocenters. The molecule has 0 amide bonds. The van der Waals surface area contributed by atoms with Gasteiger partial charge in [-0.15, -0.1) is 0 Å². The predicted octanol–water partition coefficient (Wildman–Crippen LogP) is 3.63. The van der Waals surface area contributed by atoms with Crippen molar-refractivity contribution < 1.29 is 0 Å². The first-order valence-electron chi connectivity index (χ1n) is 4.94. The number of nitrogens with zero attached hydrogens (tertiary/aromatic N) is 1. The minimum absolute atomic E-state index is 0.957. The van der Waals surface area contributed by atoms with Gasteiger partial charge in [-0.3, -0.25) is 4.98 Å². The molecule has 2 rings (SSSR count). The molecular weight excluding hydrogens is 266 g/mol. The van der Waals surface area contributed by atoms with Crippen LogP contribution < -0.4 is 10.6 Å². The second kappa shape index (κ2) is 4.99. The fourth-order valence-electron chi connectivity index (χ4n) is 1.36. The minimum Gasteiger partial charge on any atom is -0.387 e. The van der Waals surface area contributed by atoms with E-state index in [-0.39, 0.29) is 0 Å².